The molecule has 0 aliphatic carbocycles. The molecule has 0 amide bonds. The molecule has 0 fully saturated rings. The van der Waals surface area contributed by atoms with Gasteiger partial charge in [-0.1, -0.05) is 24.3 Å². The normalized spacial score (nSPS) is 10.4. The summed E-state index contributed by atoms with van der Waals surface area (Å²) in [7, 11) is 0. The highest BCUT2D eigenvalue weighted by atomic mass is 32.1. The van der Waals surface area contributed by atoms with E-state index in [1.807, 2.05) is 12.1 Å². The van der Waals surface area contributed by atoms with Crippen molar-refractivity contribution in [2.45, 2.75) is 20.3 Å². The number of ether oxygens (including phenoxy) is 1. The molecule has 0 radical (unpaired) electrons. The first-order chi connectivity index (χ1) is 10.1. The highest BCUT2D eigenvalue weighted by Crippen LogP contribution is 2.29. The number of esters is 1. The number of aryl methyl sites for hydroxylation is 1. The Bertz CT molecular complexity index is 622. The van der Waals surface area contributed by atoms with E-state index in [-0.39, 0.29) is 5.97 Å². The second-order valence-electron chi connectivity index (χ2n) is 4.72. The summed E-state index contributed by atoms with van der Waals surface area (Å²) in [5.41, 5.74) is 8.93. The third kappa shape index (κ3) is 3.98. The molecule has 0 aliphatic heterocycles. The molecule has 21 heavy (non-hydrogen) atoms. The van der Waals surface area contributed by atoms with Crippen LogP contribution in [-0.4, -0.2) is 19.1 Å². The Labute approximate surface area is 128 Å². The summed E-state index contributed by atoms with van der Waals surface area (Å²) < 4.78 is 4.98. The Hall–Kier alpha value is -2.01. The number of hydrogen-bond donors (Lipinski definition) is 2. The summed E-state index contributed by atoms with van der Waals surface area (Å²) in [4.78, 5) is 12.2. The van der Waals surface area contributed by atoms with E-state index < -0.39 is 0 Å². The lowest BCUT2D eigenvalue weighted by molar-refractivity contribution is 0.0533. The van der Waals surface area contributed by atoms with Crippen molar-refractivity contribution in [3.8, 4) is 0 Å². The van der Waals surface area contributed by atoms with Crippen molar-refractivity contribution < 1.29 is 9.53 Å². The molecule has 2 rings (SSSR count). The van der Waals surface area contributed by atoms with E-state index in [4.69, 9.17) is 10.5 Å². The lowest BCUT2D eigenvalue weighted by Crippen LogP contribution is -2.04. The second kappa shape index (κ2) is 7.13. The molecule has 2 aromatic rings. The SMILES string of the molecule is CCOC(=O)c1sc(NCCc2ccccc2C)cc1N. The number of hydrogen-bond acceptors (Lipinski definition) is 5. The van der Waals surface area contributed by atoms with Crippen molar-refractivity contribution in [2.75, 3.05) is 24.2 Å². The number of nitrogens with two attached hydrogens (primary N) is 1. The van der Waals surface area contributed by atoms with Crippen LogP contribution in [0.2, 0.25) is 0 Å². The van der Waals surface area contributed by atoms with Gasteiger partial charge < -0.3 is 15.8 Å². The fourth-order valence-corrected chi connectivity index (χ4v) is 2.96. The molecular formula is C16H20N2O2S. The zero-order chi connectivity index (χ0) is 15.2. The van der Waals surface area contributed by atoms with E-state index in [0.717, 1.165) is 18.0 Å². The third-order valence-electron chi connectivity index (χ3n) is 3.18. The van der Waals surface area contributed by atoms with Gasteiger partial charge in [0.15, 0.2) is 0 Å². The molecule has 0 aliphatic rings. The molecular weight excluding hydrogens is 284 g/mol. The molecule has 1 heterocycles. The van der Waals surface area contributed by atoms with Crippen LogP contribution in [0.3, 0.4) is 0 Å². The van der Waals surface area contributed by atoms with Crippen LogP contribution in [0.4, 0.5) is 10.7 Å². The van der Waals surface area contributed by atoms with Crippen LogP contribution in [0.5, 0.6) is 0 Å². The van der Waals surface area contributed by atoms with Crippen molar-refractivity contribution in [3.05, 3.63) is 46.3 Å². The largest absolute Gasteiger partial charge is 0.462 e. The van der Waals surface area contributed by atoms with E-state index >= 15 is 0 Å². The van der Waals surface area contributed by atoms with Gasteiger partial charge in [0.1, 0.15) is 4.88 Å². The van der Waals surface area contributed by atoms with Gasteiger partial charge in [0, 0.05) is 6.54 Å². The number of nitrogen functional groups attached to an aromatic ring is 1. The molecule has 0 unspecified atom stereocenters. The van der Waals surface area contributed by atoms with Gasteiger partial charge in [0.05, 0.1) is 17.3 Å². The first-order valence-corrected chi connectivity index (χ1v) is 7.78. The van der Waals surface area contributed by atoms with E-state index in [1.165, 1.54) is 22.5 Å². The summed E-state index contributed by atoms with van der Waals surface area (Å²) in [5, 5.41) is 4.20. The molecule has 0 saturated heterocycles. The molecule has 4 nitrogen and oxygen atoms in total. The Kier molecular flexibility index (Phi) is 5.22. The molecule has 0 spiro atoms. The van der Waals surface area contributed by atoms with Crippen LogP contribution in [0.25, 0.3) is 0 Å². The zero-order valence-electron chi connectivity index (χ0n) is 12.3. The standard InChI is InChI=1S/C16H20N2O2S/c1-3-20-16(19)15-13(17)10-14(21-15)18-9-8-12-7-5-4-6-11(12)2/h4-7,10,18H,3,8-9,17H2,1-2H3. The third-order valence-corrected chi connectivity index (χ3v) is 4.27. The van der Waals surface area contributed by atoms with Gasteiger partial charge in [-0.3, -0.25) is 0 Å². The number of carbonyl (C=O) groups excluding carboxylic acids is 1. The topological polar surface area (TPSA) is 64.3 Å². The number of rotatable bonds is 6. The minimum Gasteiger partial charge on any atom is -0.462 e. The maximum Gasteiger partial charge on any atom is 0.350 e. The number of nitrogens with one attached hydrogen (secondary N) is 1. The van der Waals surface area contributed by atoms with Crippen molar-refractivity contribution in [2.24, 2.45) is 0 Å². The molecule has 3 N–H and O–H groups in total. The summed E-state index contributed by atoms with van der Waals surface area (Å²) in [6.45, 7) is 5.04. The van der Waals surface area contributed by atoms with E-state index in [0.29, 0.717) is 17.2 Å². The van der Waals surface area contributed by atoms with Gasteiger partial charge in [-0.25, -0.2) is 4.79 Å². The number of benzene rings is 1. The van der Waals surface area contributed by atoms with Crippen LogP contribution in [-0.2, 0) is 11.2 Å². The summed E-state index contributed by atoms with van der Waals surface area (Å²) >= 11 is 1.34. The van der Waals surface area contributed by atoms with Crippen molar-refractivity contribution in [1.29, 1.82) is 0 Å². The van der Waals surface area contributed by atoms with Gasteiger partial charge in [0.25, 0.3) is 0 Å². The molecule has 1 aromatic heterocycles. The number of thiophene rings is 1. The fraction of sp³-hybridized carbons (Fsp3) is 0.312. The maximum absolute atomic E-state index is 11.7. The fourth-order valence-electron chi connectivity index (χ4n) is 2.06. The van der Waals surface area contributed by atoms with Crippen LogP contribution in [0.1, 0.15) is 27.7 Å². The molecule has 1 aromatic carbocycles. The molecule has 0 saturated carbocycles. The second-order valence-corrected chi connectivity index (χ2v) is 5.77. The van der Waals surface area contributed by atoms with E-state index in [9.17, 15) is 4.79 Å². The van der Waals surface area contributed by atoms with Crippen molar-refractivity contribution in [3.63, 3.8) is 0 Å². The lowest BCUT2D eigenvalue weighted by Gasteiger charge is -2.06. The molecule has 0 atom stereocenters. The molecule has 5 heteroatoms. The maximum atomic E-state index is 11.7. The van der Waals surface area contributed by atoms with Crippen molar-refractivity contribution in [1.82, 2.24) is 0 Å². The quantitative estimate of drug-likeness (QED) is 0.802. The minimum absolute atomic E-state index is 0.353. The molecule has 0 bridgehead atoms. The van der Waals surface area contributed by atoms with Gasteiger partial charge in [-0.2, -0.15) is 0 Å². The number of anilines is 2. The van der Waals surface area contributed by atoms with Gasteiger partial charge >= 0.3 is 5.97 Å². The zero-order valence-corrected chi connectivity index (χ0v) is 13.1. The van der Waals surface area contributed by atoms with Gasteiger partial charge in [-0.15, -0.1) is 11.3 Å². The van der Waals surface area contributed by atoms with Crippen LogP contribution >= 0.6 is 11.3 Å². The Morgan fingerprint density at radius 1 is 1.38 bits per heavy atom. The predicted octanol–water partition coefficient (Wildman–Crippen LogP) is 3.47. The molecule has 112 valence electrons. The van der Waals surface area contributed by atoms with Gasteiger partial charge in [0.2, 0.25) is 0 Å². The van der Waals surface area contributed by atoms with Gasteiger partial charge in [-0.05, 0) is 37.5 Å². The Morgan fingerprint density at radius 2 is 2.14 bits per heavy atom. The first kappa shape index (κ1) is 15.4. The summed E-state index contributed by atoms with van der Waals surface area (Å²) in [5.74, 6) is -0.355. The van der Waals surface area contributed by atoms with Crippen LogP contribution < -0.4 is 11.1 Å². The predicted molar refractivity (Wildman–Crippen MR) is 88.1 cm³/mol. The average Bonchev–Trinajstić information content (AvgIpc) is 2.82. The smallest absolute Gasteiger partial charge is 0.350 e. The van der Waals surface area contributed by atoms with E-state index in [2.05, 4.69) is 24.4 Å². The van der Waals surface area contributed by atoms with E-state index in [1.54, 1.807) is 13.0 Å². The Balaban J connectivity index is 1.94. The summed E-state index contributed by atoms with van der Waals surface area (Å²) in [6, 6.07) is 10.1. The minimum atomic E-state index is -0.355. The highest BCUT2D eigenvalue weighted by molar-refractivity contribution is 7.18. The van der Waals surface area contributed by atoms with Crippen LogP contribution in [0, 0.1) is 6.92 Å². The Morgan fingerprint density at radius 3 is 2.86 bits per heavy atom. The highest BCUT2D eigenvalue weighted by Gasteiger charge is 2.15. The van der Waals surface area contributed by atoms with Crippen LogP contribution in [0.15, 0.2) is 30.3 Å². The van der Waals surface area contributed by atoms with Crippen molar-refractivity contribution >= 4 is 28.0 Å². The lowest BCUT2D eigenvalue weighted by atomic mass is 10.1. The number of carbonyl (C=O) groups is 1. The average molecular weight is 304 g/mol. The first-order valence-electron chi connectivity index (χ1n) is 6.96. The summed E-state index contributed by atoms with van der Waals surface area (Å²) in [6.07, 6.45) is 0.930. The monoisotopic (exact) mass is 304 g/mol.